The van der Waals surface area contributed by atoms with Crippen LogP contribution in [0.5, 0.6) is 0 Å². The van der Waals surface area contributed by atoms with Gasteiger partial charge >= 0.3 is 0 Å². The van der Waals surface area contributed by atoms with E-state index in [4.69, 9.17) is 5.10 Å². The molecule has 0 radical (unpaired) electrons. The van der Waals surface area contributed by atoms with E-state index >= 15 is 0 Å². The molecule has 0 bridgehead atoms. The average molecular weight is 431 g/mol. The van der Waals surface area contributed by atoms with Crippen molar-refractivity contribution in [2.75, 3.05) is 18.8 Å². The van der Waals surface area contributed by atoms with Gasteiger partial charge in [0, 0.05) is 12.5 Å². The number of rotatable bonds is 4. The van der Waals surface area contributed by atoms with Crippen LogP contribution >= 0.6 is 11.8 Å². The Kier molecular flexibility index (Phi) is 5.89. The third kappa shape index (κ3) is 4.30. The van der Waals surface area contributed by atoms with Gasteiger partial charge in [0.05, 0.1) is 24.1 Å². The fourth-order valence-electron chi connectivity index (χ4n) is 4.61. The van der Waals surface area contributed by atoms with Crippen molar-refractivity contribution in [3.8, 4) is 0 Å². The Morgan fingerprint density at radius 3 is 2.65 bits per heavy atom. The number of allylic oxidation sites excluding steroid dienone is 1. The summed E-state index contributed by atoms with van der Waals surface area (Å²) in [6, 6.07) is 20.7. The zero-order valence-electron chi connectivity index (χ0n) is 17.4. The number of amidine groups is 1. The van der Waals surface area contributed by atoms with Gasteiger partial charge in [0.15, 0.2) is 5.17 Å². The molecular weight excluding hydrogens is 404 g/mol. The molecule has 5 rings (SSSR count). The van der Waals surface area contributed by atoms with Gasteiger partial charge in [-0.05, 0) is 42.0 Å². The van der Waals surface area contributed by atoms with E-state index in [1.807, 2.05) is 24.3 Å². The number of hydrazone groups is 1. The summed E-state index contributed by atoms with van der Waals surface area (Å²) in [5.74, 6) is 0.620. The van der Waals surface area contributed by atoms with Crippen LogP contribution in [-0.4, -0.2) is 40.6 Å². The van der Waals surface area contributed by atoms with Gasteiger partial charge in [-0.2, -0.15) is 5.10 Å². The summed E-state index contributed by atoms with van der Waals surface area (Å²) in [4.78, 5) is 17.7. The number of carbonyl (C=O) groups excluding carboxylic acids is 1. The molecule has 0 spiro atoms. The van der Waals surface area contributed by atoms with E-state index in [1.54, 1.807) is 5.01 Å². The summed E-state index contributed by atoms with van der Waals surface area (Å²) < 4.78 is 0. The van der Waals surface area contributed by atoms with Crippen molar-refractivity contribution in [2.45, 2.75) is 25.3 Å². The van der Waals surface area contributed by atoms with E-state index in [9.17, 15) is 4.79 Å². The Morgan fingerprint density at radius 1 is 1.13 bits per heavy atom. The average Bonchev–Trinajstić information content (AvgIpc) is 3.47. The molecule has 2 atom stereocenters. The minimum atomic E-state index is -0.0396. The standard InChI is InChI=1S/C25H26N4OS/c30-22(17-31-25-26-14-15-27-25)29-24(19-10-5-2-6-11-19)21-13-7-12-20(23(21)28-29)16-18-8-3-1-4-9-18/h1-6,8-11,16,21,24H,7,12-15,17H2,(H,26,27)/b20-16+. The zero-order chi connectivity index (χ0) is 21.0. The SMILES string of the molecule is O=C(CSC1=NCCN1)N1N=C2/C(=C/c3ccccc3)CCCC2C1c1ccccc1. The molecule has 1 saturated carbocycles. The lowest BCUT2D eigenvalue weighted by Gasteiger charge is -2.29. The Morgan fingerprint density at radius 2 is 1.90 bits per heavy atom. The molecule has 1 aliphatic carbocycles. The first-order valence-corrected chi connectivity index (χ1v) is 11.9. The van der Waals surface area contributed by atoms with Gasteiger partial charge < -0.3 is 5.32 Å². The van der Waals surface area contributed by atoms with Crippen molar-refractivity contribution < 1.29 is 4.79 Å². The molecule has 2 unspecified atom stereocenters. The Labute approximate surface area is 187 Å². The van der Waals surface area contributed by atoms with E-state index in [1.165, 1.54) is 22.9 Å². The van der Waals surface area contributed by atoms with Crippen LogP contribution in [0.3, 0.4) is 0 Å². The molecule has 5 nitrogen and oxygen atoms in total. The van der Waals surface area contributed by atoms with Crippen LogP contribution in [0.15, 0.2) is 76.3 Å². The lowest BCUT2D eigenvalue weighted by Crippen LogP contribution is -2.33. The van der Waals surface area contributed by atoms with Crippen molar-refractivity contribution in [1.82, 2.24) is 10.3 Å². The molecule has 3 aliphatic rings. The highest BCUT2D eigenvalue weighted by Crippen LogP contribution is 2.44. The lowest BCUT2D eigenvalue weighted by molar-refractivity contribution is -0.130. The van der Waals surface area contributed by atoms with Gasteiger partial charge in [-0.3, -0.25) is 9.79 Å². The van der Waals surface area contributed by atoms with Crippen molar-refractivity contribution in [3.05, 3.63) is 77.4 Å². The molecule has 0 aromatic heterocycles. The summed E-state index contributed by atoms with van der Waals surface area (Å²) >= 11 is 1.48. The molecule has 2 aromatic rings. The van der Waals surface area contributed by atoms with Crippen LogP contribution in [0.1, 0.15) is 36.4 Å². The predicted octanol–water partition coefficient (Wildman–Crippen LogP) is 4.50. The fraction of sp³-hybridized carbons (Fsp3) is 0.320. The van der Waals surface area contributed by atoms with Crippen molar-refractivity contribution in [2.24, 2.45) is 16.0 Å². The second-order valence-electron chi connectivity index (χ2n) is 8.06. The fourth-order valence-corrected chi connectivity index (χ4v) is 5.39. The van der Waals surface area contributed by atoms with Crippen molar-refractivity contribution in [3.63, 3.8) is 0 Å². The van der Waals surface area contributed by atoms with Crippen molar-refractivity contribution >= 4 is 34.6 Å². The molecule has 6 heteroatoms. The van der Waals surface area contributed by atoms with Crippen LogP contribution in [0, 0.1) is 5.92 Å². The summed E-state index contributed by atoms with van der Waals surface area (Å²) in [7, 11) is 0. The number of aliphatic imine (C=N–C) groups is 1. The summed E-state index contributed by atoms with van der Waals surface area (Å²) in [5.41, 5.74) is 4.68. The second-order valence-corrected chi connectivity index (χ2v) is 9.02. The smallest absolute Gasteiger partial charge is 0.253 e. The lowest BCUT2D eigenvalue weighted by atomic mass is 9.77. The first-order valence-electron chi connectivity index (χ1n) is 10.9. The first kappa shape index (κ1) is 20.1. The maximum absolute atomic E-state index is 13.3. The van der Waals surface area contributed by atoms with Gasteiger partial charge in [-0.25, -0.2) is 5.01 Å². The number of nitrogens with zero attached hydrogens (tertiary/aromatic N) is 3. The molecule has 2 aliphatic heterocycles. The topological polar surface area (TPSA) is 57.1 Å². The molecule has 1 fully saturated rings. The zero-order valence-corrected chi connectivity index (χ0v) is 18.2. The third-order valence-corrected chi connectivity index (χ3v) is 6.95. The Balaban J connectivity index is 1.46. The maximum Gasteiger partial charge on any atom is 0.253 e. The maximum atomic E-state index is 13.3. The number of benzene rings is 2. The number of hydrogen-bond donors (Lipinski definition) is 1. The summed E-state index contributed by atoms with van der Waals surface area (Å²) in [6.07, 6.45) is 5.41. The number of thioether (sulfide) groups is 1. The molecule has 2 aromatic carbocycles. The van der Waals surface area contributed by atoms with E-state index in [0.717, 1.165) is 48.8 Å². The monoisotopic (exact) mass is 430 g/mol. The van der Waals surface area contributed by atoms with Gasteiger partial charge in [0.2, 0.25) is 0 Å². The van der Waals surface area contributed by atoms with Crippen LogP contribution in [-0.2, 0) is 4.79 Å². The number of hydrogen-bond acceptors (Lipinski definition) is 5. The van der Waals surface area contributed by atoms with Crippen molar-refractivity contribution in [1.29, 1.82) is 0 Å². The van der Waals surface area contributed by atoms with Gasteiger partial charge in [-0.15, -0.1) is 0 Å². The van der Waals surface area contributed by atoms with Crippen LogP contribution in [0.4, 0.5) is 0 Å². The summed E-state index contributed by atoms with van der Waals surface area (Å²) in [6.45, 7) is 1.63. The van der Waals surface area contributed by atoms with E-state index in [2.05, 4.69) is 52.8 Å². The minimum absolute atomic E-state index is 0.0382. The number of carbonyl (C=O) groups is 1. The number of fused-ring (bicyclic) bond motifs is 1. The van der Waals surface area contributed by atoms with Crippen LogP contribution in [0.25, 0.3) is 6.08 Å². The first-order chi connectivity index (χ1) is 15.3. The number of amides is 1. The van der Waals surface area contributed by atoms with Gasteiger partial charge in [-0.1, -0.05) is 72.4 Å². The normalized spacial score (nSPS) is 23.9. The van der Waals surface area contributed by atoms with Crippen LogP contribution < -0.4 is 5.32 Å². The van der Waals surface area contributed by atoms with E-state index < -0.39 is 0 Å². The molecule has 1 N–H and O–H groups in total. The van der Waals surface area contributed by atoms with E-state index in [0.29, 0.717) is 5.75 Å². The second kappa shape index (κ2) is 9.10. The van der Waals surface area contributed by atoms with Gasteiger partial charge in [0.1, 0.15) is 0 Å². The van der Waals surface area contributed by atoms with E-state index in [-0.39, 0.29) is 17.9 Å². The molecule has 31 heavy (non-hydrogen) atoms. The number of nitrogens with one attached hydrogen (secondary N) is 1. The van der Waals surface area contributed by atoms with Gasteiger partial charge in [0.25, 0.3) is 5.91 Å². The highest BCUT2D eigenvalue weighted by atomic mass is 32.2. The molecule has 2 heterocycles. The highest BCUT2D eigenvalue weighted by Gasteiger charge is 2.43. The largest absolute Gasteiger partial charge is 0.363 e. The third-order valence-electron chi connectivity index (χ3n) is 6.01. The highest BCUT2D eigenvalue weighted by molar-refractivity contribution is 8.14. The molecule has 0 saturated heterocycles. The quantitative estimate of drug-likeness (QED) is 0.777. The Hall–Kier alpha value is -2.86. The van der Waals surface area contributed by atoms with Crippen LogP contribution in [0.2, 0.25) is 0 Å². The minimum Gasteiger partial charge on any atom is -0.363 e. The summed E-state index contributed by atoms with van der Waals surface area (Å²) in [5, 5.41) is 10.8. The molecule has 1 amide bonds. The molecular formula is C25H26N4OS. The molecule has 158 valence electrons. The predicted molar refractivity (Wildman–Crippen MR) is 128 cm³/mol. The Bertz CT molecular complexity index is 1030.